The smallest absolute Gasteiger partial charge is 0.387 e. The number of ether oxygens (including phenoxy) is 1. The van der Waals surface area contributed by atoms with Gasteiger partial charge in [0.1, 0.15) is 11.4 Å². The van der Waals surface area contributed by atoms with Crippen molar-refractivity contribution in [1.82, 2.24) is 5.16 Å². The van der Waals surface area contributed by atoms with Crippen molar-refractivity contribution in [1.29, 1.82) is 0 Å². The maximum Gasteiger partial charge on any atom is 0.387 e. The number of carbonyl (C=O) groups is 1. The van der Waals surface area contributed by atoms with Crippen LogP contribution in [-0.2, 0) is 11.2 Å². The van der Waals surface area contributed by atoms with Crippen molar-refractivity contribution >= 4 is 34.2 Å². The first kappa shape index (κ1) is 16.2. The Bertz CT molecular complexity index is 883. The highest BCUT2D eigenvalue weighted by Gasteiger charge is 2.14. The molecule has 0 aliphatic heterocycles. The van der Waals surface area contributed by atoms with Crippen molar-refractivity contribution < 1.29 is 22.8 Å². The molecule has 3 rings (SSSR count). The Morgan fingerprint density at radius 3 is 2.83 bits per heavy atom. The lowest BCUT2D eigenvalue weighted by molar-refractivity contribution is -0.115. The van der Waals surface area contributed by atoms with Gasteiger partial charge in [-0.1, -0.05) is 28.9 Å². The first-order chi connectivity index (χ1) is 11.5. The zero-order valence-electron chi connectivity index (χ0n) is 12.1. The Balaban J connectivity index is 1.70. The largest absolute Gasteiger partial charge is 0.433 e. The molecule has 0 aliphatic carbocycles. The summed E-state index contributed by atoms with van der Waals surface area (Å²) < 4.78 is 33.7. The maximum absolute atomic E-state index is 12.2. The summed E-state index contributed by atoms with van der Waals surface area (Å²) in [4.78, 5) is 12.1. The SMILES string of the molecule is O=C(Cc1noc2ccccc12)Nc1ccc(OC(F)F)c(Cl)c1. The summed E-state index contributed by atoms with van der Waals surface area (Å²) in [6.07, 6.45) is 0.00389. The van der Waals surface area contributed by atoms with Crippen molar-refractivity contribution in [2.75, 3.05) is 5.32 Å². The zero-order chi connectivity index (χ0) is 17.1. The van der Waals surface area contributed by atoms with Gasteiger partial charge in [0, 0.05) is 11.1 Å². The molecule has 0 saturated carbocycles. The van der Waals surface area contributed by atoms with Gasteiger partial charge in [-0.15, -0.1) is 0 Å². The minimum absolute atomic E-state index is 0.00389. The number of hydrogen-bond acceptors (Lipinski definition) is 4. The van der Waals surface area contributed by atoms with E-state index in [1.807, 2.05) is 18.2 Å². The lowest BCUT2D eigenvalue weighted by Crippen LogP contribution is -2.14. The van der Waals surface area contributed by atoms with E-state index in [1.165, 1.54) is 18.2 Å². The lowest BCUT2D eigenvalue weighted by atomic mass is 10.1. The molecule has 8 heteroatoms. The van der Waals surface area contributed by atoms with Crippen molar-refractivity contribution in [2.45, 2.75) is 13.0 Å². The predicted molar refractivity (Wildman–Crippen MR) is 84.4 cm³/mol. The number of nitrogens with zero attached hydrogens (tertiary/aromatic N) is 1. The van der Waals surface area contributed by atoms with Crippen LogP contribution >= 0.6 is 11.6 Å². The fourth-order valence-corrected chi connectivity index (χ4v) is 2.42. The first-order valence-corrected chi connectivity index (χ1v) is 7.28. The number of carbonyl (C=O) groups excluding carboxylic acids is 1. The lowest BCUT2D eigenvalue weighted by Gasteiger charge is -2.09. The van der Waals surface area contributed by atoms with Gasteiger partial charge < -0.3 is 14.6 Å². The Hall–Kier alpha value is -2.67. The molecular weight excluding hydrogens is 342 g/mol. The van der Waals surface area contributed by atoms with Gasteiger partial charge in [-0.05, 0) is 30.3 Å². The minimum Gasteiger partial charge on any atom is -0.433 e. The van der Waals surface area contributed by atoms with Crippen LogP contribution < -0.4 is 10.1 Å². The molecule has 0 fully saturated rings. The molecule has 1 aromatic heterocycles. The van der Waals surface area contributed by atoms with Crippen molar-refractivity contribution in [3.63, 3.8) is 0 Å². The van der Waals surface area contributed by atoms with E-state index in [0.29, 0.717) is 17.0 Å². The summed E-state index contributed by atoms with van der Waals surface area (Å²) in [5.41, 5.74) is 1.46. The van der Waals surface area contributed by atoms with E-state index >= 15 is 0 Å². The maximum atomic E-state index is 12.2. The van der Waals surface area contributed by atoms with E-state index in [2.05, 4.69) is 15.2 Å². The van der Waals surface area contributed by atoms with Gasteiger partial charge in [0.05, 0.1) is 11.4 Å². The number of nitrogens with one attached hydrogen (secondary N) is 1. The Morgan fingerprint density at radius 1 is 1.29 bits per heavy atom. The normalized spacial score (nSPS) is 11.0. The van der Waals surface area contributed by atoms with E-state index in [9.17, 15) is 13.6 Å². The van der Waals surface area contributed by atoms with Crippen LogP contribution in [-0.4, -0.2) is 17.7 Å². The molecule has 0 spiro atoms. The third-order valence-electron chi connectivity index (χ3n) is 3.21. The second-order valence-corrected chi connectivity index (χ2v) is 5.28. The quantitative estimate of drug-likeness (QED) is 0.745. The molecule has 0 atom stereocenters. The van der Waals surface area contributed by atoms with E-state index in [1.54, 1.807) is 6.07 Å². The van der Waals surface area contributed by atoms with Crippen molar-refractivity contribution in [3.05, 3.63) is 53.2 Å². The van der Waals surface area contributed by atoms with Crippen LogP contribution in [0.25, 0.3) is 11.0 Å². The van der Waals surface area contributed by atoms with Gasteiger partial charge in [-0.3, -0.25) is 4.79 Å². The average Bonchev–Trinajstić information content (AvgIpc) is 2.93. The molecule has 0 bridgehead atoms. The van der Waals surface area contributed by atoms with Crippen LogP contribution in [0.2, 0.25) is 5.02 Å². The van der Waals surface area contributed by atoms with Crippen molar-refractivity contribution in [2.24, 2.45) is 0 Å². The highest BCUT2D eigenvalue weighted by atomic mass is 35.5. The summed E-state index contributed by atoms with van der Waals surface area (Å²) in [7, 11) is 0. The molecule has 1 N–H and O–H groups in total. The first-order valence-electron chi connectivity index (χ1n) is 6.90. The number of alkyl halides is 2. The van der Waals surface area contributed by atoms with Crippen LogP contribution in [0.5, 0.6) is 5.75 Å². The van der Waals surface area contributed by atoms with Crippen LogP contribution in [0.3, 0.4) is 0 Å². The van der Waals surface area contributed by atoms with Crippen LogP contribution in [0, 0.1) is 0 Å². The van der Waals surface area contributed by atoms with Crippen LogP contribution in [0.1, 0.15) is 5.69 Å². The minimum atomic E-state index is -2.97. The molecule has 5 nitrogen and oxygen atoms in total. The number of para-hydroxylation sites is 1. The Labute approximate surface area is 140 Å². The van der Waals surface area contributed by atoms with Crippen molar-refractivity contribution in [3.8, 4) is 5.75 Å². The number of rotatable bonds is 5. The van der Waals surface area contributed by atoms with Gasteiger partial charge in [-0.2, -0.15) is 8.78 Å². The van der Waals surface area contributed by atoms with Crippen LogP contribution in [0.15, 0.2) is 47.0 Å². The molecule has 3 aromatic rings. The zero-order valence-corrected chi connectivity index (χ0v) is 12.9. The Morgan fingerprint density at radius 2 is 2.08 bits per heavy atom. The summed E-state index contributed by atoms with van der Waals surface area (Å²) in [6, 6.07) is 11.2. The van der Waals surface area contributed by atoms with E-state index in [4.69, 9.17) is 16.1 Å². The van der Waals surface area contributed by atoms with Gasteiger partial charge in [0.25, 0.3) is 0 Å². The number of hydrogen-bond donors (Lipinski definition) is 1. The number of halogens is 3. The summed E-state index contributed by atoms with van der Waals surface area (Å²) in [5, 5.41) is 7.22. The molecule has 2 aromatic carbocycles. The Kier molecular flexibility index (Phi) is 4.61. The molecule has 0 radical (unpaired) electrons. The van der Waals surface area contributed by atoms with E-state index in [0.717, 1.165) is 5.39 Å². The summed E-state index contributed by atoms with van der Waals surface area (Å²) in [6.45, 7) is -2.97. The molecule has 1 amide bonds. The monoisotopic (exact) mass is 352 g/mol. The molecule has 0 aliphatic rings. The third kappa shape index (κ3) is 3.62. The number of fused-ring (bicyclic) bond motifs is 1. The molecule has 24 heavy (non-hydrogen) atoms. The molecule has 124 valence electrons. The van der Waals surface area contributed by atoms with E-state index < -0.39 is 6.61 Å². The third-order valence-corrected chi connectivity index (χ3v) is 3.51. The molecular formula is C16H11ClF2N2O3. The average molecular weight is 353 g/mol. The highest BCUT2D eigenvalue weighted by molar-refractivity contribution is 6.32. The number of aromatic nitrogens is 1. The second kappa shape index (κ2) is 6.84. The number of anilines is 1. The summed E-state index contributed by atoms with van der Waals surface area (Å²) in [5.74, 6) is -0.500. The highest BCUT2D eigenvalue weighted by Crippen LogP contribution is 2.29. The fourth-order valence-electron chi connectivity index (χ4n) is 2.19. The fraction of sp³-hybridized carbons (Fsp3) is 0.125. The van der Waals surface area contributed by atoms with Crippen LogP contribution in [0.4, 0.5) is 14.5 Å². The second-order valence-electron chi connectivity index (χ2n) is 4.87. The topological polar surface area (TPSA) is 64.4 Å². The molecule has 0 saturated heterocycles. The number of benzene rings is 2. The van der Waals surface area contributed by atoms with Gasteiger partial charge in [-0.25, -0.2) is 0 Å². The van der Waals surface area contributed by atoms with Gasteiger partial charge in [0.2, 0.25) is 5.91 Å². The molecule has 0 unspecified atom stereocenters. The van der Waals surface area contributed by atoms with E-state index in [-0.39, 0.29) is 23.1 Å². The molecule has 1 heterocycles. The van der Waals surface area contributed by atoms with Gasteiger partial charge in [0.15, 0.2) is 5.58 Å². The summed E-state index contributed by atoms with van der Waals surface area (Å²) >= 11 is 5.84. The standard InChI is InChI=1S/C16H11ClF2N2O3/c17-11-7-9(5-6-14(11)23-16(18)19)20-15(22)8-12-10-3-1-2-4-13(10)24-21-12/h1-7,16H,8H2,(H,20,22). The predicted octanol–water partition coefficient (Wildman–Crippen LogP) is 4.26. The number of amides is 1. The van der Waals surface area contributed by atoms with Gasteiger partial charge >= 0.3 is 6.61 Å².